The standard InChI is InChI=1S/C12H18N2O.C12H17NO2.C12H17NO.C12H19N.C11H13N.3C11H16.C10H13F.C10H14/c1-12(2,3)9-5-7-10(8-6-9)14-11(15)13-4;1-12(2,3)9-5-7-10(8-6-9)13-11(14)15-4;1-9(14)13-11-7-5-10(6-8-11)12(2,3)4;1-12(2,3)10-6-8-11(9-7-10)13(4)5;1-11(2,3)9-5-7-10(12-4)8-6-9;2*1-9-5-7-10(8-6-9)11(2,3)4;1-11(2,3)9-10-7-5-4-6-8-10;1-10(2,3)8-4-6-9(11)7-5-8;1-10(2,3)9-7-5-4-6-8-9/h5-8H,1-4H3,(H2,13,14,15);5-8H,1-4H3,(H,13,14);5-8H,1-4H3,(H,13,14);6-9H,1-5H3;5-8H,1-3H3;2*5-8H,1-4H3;4-8H,9H2,1-3H3;4-7H,1-3H3;4-8H,1-3H3. The van der Waals surface area contributed by atoms with Crippen molar-refractivity contribution in [2.24, 2.45) is 5.41 Å². The van der Waals surface area contributed by atoms with Crippen molar-refractivity contribution in [3.05, 3.63) is 339 Å². The van der Waals surface area contributed by atoms with Gasteiger partial charge >= 0.3 is 12.1 Å². The summed E-state index contributed by atoms with van der Waals surface area (Å²) in [7, 11) is 7.07. The van der Waals surface area contributed by atoms with Crippen molar-refractivity contribution in [2.45, 2.75) is 284 Å². The van der Waals surface area contributed by atoms with Crippen molar-refractivity contribution in [1.29, 1.82) is 0 Å². The Morgan fingerprint density at radius 2 is 0.585 bits per heavy atom. The Hall–Kier alpha value is -10.6. The molecule has 0 fully saturated rings. The van der Waals surface area contributed by atoms with Gasteiger partial charge < -0.3 is 25.6 Å². The molecule has 0 aliphatic carbocycles. The van der Waals surface area contributed by atoms with Gasteiger partial charge in [-0.25, -0.2) is 18.8 Å². The smallest absolute Gasteiger partial charge is 0.411 e. The van der Waals surface area contributed by atoms with Crippen molar-refractivity contribution < 1.29 is 23.5 Å². The first kappa shape index (κ1) is 110. The Balaban J connectivity index is 0.000000685. The largest absolute Gasteiger partial charge is 0.453 e. The van der Waals surface area contributed by atoms with Gasteiger partial charge in [-0.2, -0.15) is 0 Å². The number of hydrogen-bond donors (Lipinski definition) is 4. The van der Waals surface area contributed by atoms with Gasteiger partial charge in [0.25, 0.3) is 0 Å². The second kappa shape index (κ2) is 50.3. The molecule has 0 saturated heterocycles. The summed E-state index contributed by atoms with van der Waals surface area (Å²) in [6.07, 6.45) is 0.715. The average Bonchev–Trinajstić information content (AvgIpc) is 0.855. The minimum Gasteiger partial charge on any atom is -0.453 e. The number of anilines is 4. The van der Waals surface area contributed by atoms with Gasteiger partial charge in [-0.1, -0.05) is 413 Å². The van der Waals surface area contributed by atoms with E-state index < -0.39 is 6.09 Å². The lowest BCUT2D eigenvalue weighted by atomic mass is 9.87. The first-order valence-electron chi connectivity index (χ1n) is 43.1. The first-order valence-corrected chi connectivity index (χ1v) is 43.1. The van der Waals surface area contributed by atoms with Gasteiger partial charge in [-0.15, -0.1) is 0 Å². The number of ether oxygens (including phenoxy) is 1. The summed E-state index contributed by atoms with van der Waals surface area (Å²) >= 11 is 0. The minimum atomic E-state index is -0.446. The van der Waals surface area contributed by atoms with Crippen LogP contribution in [-0.2, 0) is 64.7 Å². The third-order valence-electron chi connectivity index (χ3n) is 19.4. The zero-order chi connectivity index (χ0) is 94.3. The van der Waals surface area contributed by atoms with Gasteiger partial charge in [0.2, 0.25) is 5.91 Å². The summed E-state index contributed by atoms with van der Waals surface area (Å²) < 4.78 is 17.0. The molecule has 0 radical (unpaired) electrons. The number of carbonyl (C=O) groups excluding carboxylic acids is 3. The fraction of sp³-hybridized carbons (Fsp3) is 0.429. The molecule has 0 aliphatic rings. The number of nitrogens with one attached hydrogen (secondary N) is 4. The van der Waals surface area contributed by atoms with Gasteiger partial charge in [0, 0.05) is 50.8 Å². The van der Waals surface area contributed by atoms with E-state index in [9.17, 15) is 18.8 Å². The van der Waals surface area contributed by atoms with Crippen molar-refractivity contribution in [1.82, 2.24) is 5.32 Å². The molecule has 10 aromatic carbocycles. The van der Waals surface area contributed by atoms with E-state index in [2.05, 4.69) is 405 Å². The molecule has 11 heteroatoms. The molecule has 123 heavy (non-hydrogen) atoms. The van der Waals surface area contributed by atoms with Gasteiger partial charge in [-0.3, -0.25) is 10.1 Å². The summed E-state index contributed by atoms with van der Waals surface area (Å²) in [5.41, 5.74) is 22.5. The van der Waals surface area contributed by atoms with Crippen molar-refractivity contribution in [3.63, 3.8) is 0 Å². The molecule has 0 atom stereocenters. The van der Waals surface area contributed by atoms with E-state index in [-0.39, 0.29) is 61.1 Å². The van der Waals surface area contributed by atoms with Crippen LogP contribution in [0.4, 0.5) is 42.4 Å². The van der Waals surface area contributed by atoms with Gasteiger partial charge in [0.15, 0.2) is 5.69 Å². The molecule has 4 N–H and O–H groups in total. The monoisotopic (exact) mass is 1670 g/mol. The molecular formula is C112H159FN6O4. The maximum absolute atomic E-state index is 12.5. The number of carbonyl (C=O) groups is 3. The Labute approximate surface area is 747 Å². The van der Waals surface area contributed by atoms with E-state index in [4.69, 9.17) is 6.57 Å². The molecule has 0 spiro atoms. The SMILES string of the molecule is CC(=O)Nc1ccc(C(C)(C)C)cc1.CC(C)(C)Cc1ccccc1.CC(C)(C)c1ccc(F)cc1.CC(C)(C)c1ccccc1.CN(C)c1ccc(C(C)(C)C)cc1.CNC(=O)Nc1ccc(C(C)(C)C)cc1.COC(=O)Nc1ccc(C(C)(C)C)cc1.Cc1ccc(C(C)(C)C)cc1.Cc1ccc(C(C)(C)C)cc1.[C-]#[N+]c1ccc(C(C)(C)C)cc1. The number of rotatable bonds is 5. The van der Waals surface area contributed by atoms with Crippen LogP contribution in [0.5, 0.6) is 0 Å². The molecule has 0 unspecified atom stereocenters. The lowest BCUT2D eigenvalue weighted by Gasteiger charge is -2.20. The van der Waals surface area contributed by atoms with Crippen LogP contribution in [-0.4, -0.2) is 46.3 Å². The van der Waals surface area contributed by atoms with Gasteiger partial charge in [0.1, 0.15) is 5.82 Å². The molecule has 0 heterocycles. The molecule has 10 nitrogen and oxygen atoms in total. The quantitative estimate of drug-likeness (QED) is 0.128. The van der Waals surface area contributed by atoms with Crippen LogP contribution in [0.25, 0.3) is 4.85 Å². The van der Waals surface area contributed by atoms with Crippen LogP contribution in [0.3, 0.4) is 0 Å². The number of hydrogen-bond acceptors (Lipinski definition) is 5. The first-order chi connectivity index (χ1) is 56.4. The van der Waals surface area contributed by atoms with E-state index >= 15 is 0 Å². The Morgan fingerprint density at radius 3 is 0.829 bits per heavy atom. The maximum atomic E-state index is 12.5. The predicted octanol–water partition coefficient (Wildman–Crippen LogP) is 31.4. The lowest BCUT2D eigenvalue weighted by Crippen LogP contribution is -2.24. The molecule has 4 amide bonds. The zero-order valence-electron chi connectivity index (χ0n) is 82.9. The highest BCUT2D eigenvalue weighted by Crippen LogP contribution is 2.31. The summed E-state index contributed by atoms with van der Waals surface area (Å²) in [6, 6.07) is 85.3. The summed E-state index contributed by atoms with van der Waals surface area (Å²) in [5, 5.41) is 10.6. The third-order valence-corrected chi connectivity index (χ3v) is 19.4. The summed E-state index contributed by atoms with van der Waals surface area (Å²) in [5.74, 6) is -0.202. The molecular weight excluding hydrogens is 1510 g/mol. The second-order valence-electron chi connectivity index (χ2n) is 41.9. The van der Waals surface area contributed by atoms with Crippen LogP contribution >= 0.6 is 0 Å². The Morgan fingerprint density at radius 1 is 0.341 bits per heavy atom. The Bertz CT molecular complexity index is 4450. The number of benzene rings is 10. The van der Waals surface area contributed by atoms with Gasteiger partial charge in [0.05, 0.1) is 13.7 Å². The van der Waals surface area contributed by atoms with Gasteiger partial charge in [-0.05, 0) is 191 Å². The van der Waals surface area contributed by atoms with Crippen molar-refractivity contribution >= 4 is 46.5 Å². The molecule has 0 aliphatic heterocycles. The number of aryl methyl sites for hydroxylation is 2. The molecule has 0 bridgehead atoms. The van der Waals surface area contributed by atoms with E-state index in [1.807, 2.05) is 109 Å². The van der Waals surface area contributed by atoms with Crippen molar-refractivity contribution in [2.75, 3.05) is 49.1 Å². The van der Waals surface area contributed by atoms with E-state index in [0.717, 1.165) is 23.5 Å². The lowest BCUT2D eigenvalue weighted by molar-refractivity contribution is -0.114. The fourth-order valence-electron chi connectivity index (χ4n) is 11.2. The van der Waals surface area contributed by atoms with Crippen LogP contribution in [0, 0.1) is 31.7 Å². The molecule has 0 aromatic heterocycles. The number of nitrogens with zero attached hydrogens (tertiary/aromatic N) is 2. The average molecular weight is 1670 g/mol. The number of halogens is 1. The second-order valence-corrected chi connectivity index (χ2v) is 41.9. The molecule has 10 rings (SSSR count). The summed E-state index contributed by atoms with van der Waals surface area (Å²) in [6.45, 7) is 78.4. The Kier molecular flexibility index (Phi) is 45.1. The molecule has 10 aromatic rings. The fourth-order valence-corrected chi connectivity index (χ4v) is 11.2. The van der Waals surface area contributed by atoms with Crippen LogP contribution < -0.4 is 26.2 Å². The molecule has 668 valence electrons. The third kappa shape index (κ3) is 48.2. The van der Waals surface area contributed by atoms with Crippen LogP contribution in [0.1, 0.15) is 281 Å². The highest BCUT2D eigenvalue weighted by Gasteiger charge is 2.20. The normalized spacial score (nSPS) is 11.3. The topological polar surface area (TPSA) is 116 Å². The predicted molar refractivity (Wildman–Crippen MR) is 534 cm³/mol. The van der Waals surface area contributed by atoms with Crippen LogP contribution in [0.2, 0.25) is 0 Å². The maximum Gasteiger partial charge on any atom is 0.411 e. The van der Waals surface area contributed by atoms with E-state index in [0.29, 0.717) is 16.5 Å². The van der Waals surface area contributed by atoms with E-state index in [1.165, 1.54) is 98.6 Å². The van der Waals surface area contributed by atoms with Crippen molar-refractivity contribution in [3.8, 4) is 0 Å². The van der Waals surface area contributed by atoms with Crippen LogP contribution in [0.15, 0.2) is 255 Å². The van der Waals surface area contributed by atoms with E-state index in [1.54, 1.807) is 7.05 Å². The zero-order valence-corrected chi connectivity index (χ0v) is 82.9. The highest BCUT2D eigenvalue weighted by atomic mass is 19.1. The highest BCUT2D eigenvalue weighted by molar-refractivity contribution is 5.89. The minimum absolute atomic E-state index is 0.0338. The number of urea groups is 1. The number of amides is 4. The summed E-state index contributed by atoms with van der Waals surface area (Å²) in [4.78, 5) is 38.2. The molecule has 0 saturated carbocycles. The number of methoxy groups -OCH3 is 1.